The number of hydrogen-bond acceptors (Lipinski definition) is 4. The standard InChI is InChI=1S/C19H18N4O3/c24-17(21-16-9-3-4-10-20-16)12-23-14-7-2-1-6-13(14)18(25)22-11-5-8-15(22)19(23)26/h1-4,6-7,9-10,15H,5,8,11-12H2,(H,20,21,24)/t15-/m0/s1. The summed E-state index contributed by atoms with van der Waals surface area (Å²) in [6.45, 7) is 0.404. The number of aromatic nitrogens is 1. The van der Waals surface area contributed by atoms with Gasteiger partial charge in [-0.2, -0.15) is 0 Å². The molecule has 1 atom stereocenters. The molecule has 0 bridgehead atoms. The van der Waals surface area contributed by atoms with Gasteiger partial charge in [-0.3, -0.25) is 14.4 Å². The van der Waals surface area contributed by atoms with Crippen LogP contribution in [0.5, 0.6) is 0 Å². The summed E-state index contributed by atoms with van der Waals surface area (Å²) < 4.78 is 0. The highest BCUT2D eigenvalue weighted by atomic mass is 16.2. The van der Waals surface area contributed by atoms with E-state index in [4.69, 9.17) is 0 Å². The summed E-state index contributed by atoms with van der Waals surface area (Å²) in [5, 5.41) is 2.69. The second-order valence-electron chi connectivity index (χ2n) is 6.36. The van der Waals surface area contributed by atoms with E-state index in [1.165, 1.54) is 4.90 Å². The van der Waals surface area contributed by atoms with E-state index in [1.54, 1.807) is 53.6 Å². The van der Waals surface area contributed by atoms with Crippen LogP contribution in [-0.4, -0.2) is 46.7 Å². The first-order valence-electron chi connectivity index (χ1n) is 8.57. The molecular formula is C19H18N4O3. The molecule has 0 unspecified atom stereocenters. The minimum Gasteiger partial charge on any atom is -0.327 e. The summed E-state index contributed by atoms with van der Waals surface area (Å²) >= 11 is 0. The summed E-state index contributed by atoms with van der Waals surface area (Å²) in [4.78, 5) is 45.5. The summed E-state index contributed by atoms with van der Waals surface area (Å²) in [6.07, 6.45) is 2.99. The number of nitrogens with zero attached hydrogens (tertiary/aromatic N) is 3. The molecule has 2 aliphatic heterocycles. The summed E-state index contributed by atoms with van der Waals surface area (Å²) in [7, 11) is 0. The lowest BCUT2D eigenvalue weighted by Crippen LogP contribution is -2.47. The molecular weight excluding hydrogens is 332 g/mol. The van der Waals surface area contributed by atoms with Gasteiger partial charge in [-0.15, -0.1) is 0 Å². The van der Waals surface area contributed by atoms with Crippen LogP contribution in [0, 0.1) is 0 Å². The van der Waals surface area contributed by atoms with Gasteiger partial charge in [-0.25, -0.2) is 4.98 Å². The average Bonchev–Trinajstić information content (AvgIpc) is 3.13. The van der Waals surface area contributed by atoms with Crippen LogP contribution in [0.2, 0.25) is 0 Å². The van der Waals surface area contributed by atoms with Crippen molar-refractivity contribution in [3.05, 3.63) is 54.2 Å². The van der Waals surface area contributed by atoms with E-state index >= 15 is 0 Å². The molecule has 0 aliphatic carbocycles. The lowest BCUT2D eigenvalue weighted by atomic mass is 10.1. The Labute approximate surface area is 150 Å². The van der Waals surface area contributed by atoms with E-state index in [2.05, 4.69) is 10.3 Å². The number of carbonyl (C=O) groups is 3. The van der Waals surface area contributed by atoms with Crippen LogP contribution in [0.1, 0.15) is 23.2 Å². The van der Waals surface area contributed by atoms with Gasteiger partial charge in [0.1, 0.15) is 18.4 Å². The molecule has 1 N–H and O–H groups in total. The molecule has 3 amide bonds. The number of anilines is 2. The van der Waals surface area contributed by atoms with Crippen LogP contribution in [-0.2, 0) is 9.59 Å². The maximum atomic E-state index is 13.1. The van der Waals surface area contributed by atoms with Crippen molar-refractivity contribution in [1.29, 1.82) is 0 Å². The Hall–Kier alpha value is -3.22. The molecule has 7 nitrogen and oxygen atoms in total. The smallest absolute Gasteiger partial charge is 0.256 e. The van der Waals surface area contributed by atoms with Gasteiger partial charge in [-0.1, -0.05) is 18.2 Å². The van der Waals surface area contributed by atoms with Crippen LogP contribution >= 0.6 is 0 Å². The van der Waals surface area contributed by atoms with Crippen molar-refractivity contribution in [2.24, 2.45) is 0 Å². The normalized spacial score (nSPS) is 19.0. The van der Waals surface area contributed by atoms with E-state index in [9.17, 15) is 14.4 Å². The molecule has 1 aromatic carbocycles. The van der Waals surface area contributed by atoms with Gasteiger partial charge in [0, 0.05) is 12.7 Å². The Balaban J connectivity index is 1.65. The SMILES string of the molecule is O=C(CN1C(=O)[C@@H]2CCCN2C(=O)c2ccccc21)Nc1ccccn1. The summed E-state index contributed by atoms with van der Waals surface area (Å²) in [6, 6.07) is 11.6. The van der Waals surface area contributed by atoms with Gasteiger partial charge in [0.25, 0.3) is 5.91 Å². The Morgan fingerprint density at radius 1 is 1.15 bits per heavy atom. The predicted molar refractivity (Wildman–Crippen MR) is 95.7 cm³/mol. The third-order valence-electron chi connectivity index (χ3n) is 4.72. The van der Waals surface area contributed by atoms with Gasteiger partial charge in [-0.05, 0) is 37.1 Å². The van der Waals surface area contributed by atoms with Crippen LogP contribution in [0.4, 0.5) is 11.5 Å². The van der Waals surface area contributed by atoms with Gasteiger partial charge in [0.15, 0.2) is 0 Å². The number of fused-ring (bicyclic) bond motifs is 2. The number of hydrogen-bond donors (Lipinski definition) is 1. The zero-order chi connectivity index (χ0) is 18.1. The lowest BCUT2D eigenvalue weighted by molar-refractivity contribution is -0.124. The number of benzene rings is 1. The van der Waals surface area contributed by atoms with E-state index in [0.717, 1.165) is 6.42 Å². The molecule has 7 heteroatoms. The van der Waals surface area contributed by atoms with Gasteiger partial charge < -0.3 is 15.1 Å². The van der Waals surface area contributed by atoms with E-state index < -0.39 is 6.04 Å². The molecule has 1 aromatic heterocycles. The van der Waals surface area contributed by atoms with Gasteiger partial charge >= 0.3 is 0 Å². The molecule has 0 radical (unpaired) electrons. The van der Waals surface area contributed by atoms with Crippen molar-refractivity contribution in [2.75, 3.05) is 23.3 Å². The highest BCUT2D eigenvalue weighted by Crippen LogP contribution is 2.32. The first-order chi connectivity index (χ1) is 12.6. The largest absolute Gasteiger partial charge is 0.327 e. The predicted octanol–water partition coefficient (Wildman–Crippen LogP) is 1.67. The Kier molecular flexibility index (Phi) is 4.12. The fourth-order valence-corrected chi connectivity index (χ4v) is 3.54. The Morgan fingerprint density at radius 3 is 2.77 bits per heavy atom. The third kappa shape index (κ3) is 2.81. The van der Waals surface area contributed by atoms with Crippen molar-refractivity contribution >= 4 is 29.2 Å². The molecule has 2 aromatic rings. The van der Waals surface area contributed by atoms with E-state index in [-0.39, 0.29) is 24.3 Å². The molecule has 4 rings (SSSR count). The number of para-hydroxylation sites is 1. The van der Waals surface area contributed by atoms with Crippen molar-refractivity contribution in [3.63, 3.8) is 0 Å². The Bertz CT molecular complexity index is 868. The van der Waals surface area contributed by atoms with Crippen molar-refractivity contribution in [1.82, 2.24) is 9.88 Å². The van der Waals surface area contributed by atoms with Crippen molar-refractivity contribution in [3.8, 4) is 0 Å². The fraction of sp³-hybridized carbons (Fsp3) is 0.263. The van der Waals surface area contributed by atoms with Crippen molar-refractivity contribution < 1.29 is 14.4 Å². The minimum atomic E-state index is -0.502. The molecule has 0 spiro atoms. The molecule has 2 aliphatic rings. The van der Waals surface area contributed by atoms with Crippen LogP contribution < -0.4 is 10.2 Å². The zero-order valence-electron chi connectivity index (χ0n) is 14.1. The number of rotatable bonds is 3. The van der Waals surface area contributed by atoms with Crippen LogP contribution in [0.15, 0.2) is 48.7 Å². The first kappa shape index (κ1) is 16.3. The molecule has 1 saturated heterocycles. The van der Waals surface area contributed by atoms with Crippen LogP contribution in [0.25, 0.3) is 0 Å². The number of nitrogens with one attached hydrogen (secondary N) is 1. The van der Waals surface area contributed by atoms with Crippen molar-refractivity contribution in [2.45, 2.75) is 18.9 Å². The lowest BCUT2D eigenvalue weighted by Gasteiger charge is -2.25. The second kappa shape index (κ2) is 6.59. The Morgan fingerprint density at radius 2 is 1.96 bits per heavy atom. The number of carbonyl (C=O) groups excluding carboxylic acids is 3. The highest BCUT2D eigenvalue weighted by Gasteiger charge is 2.42. The minimum absolute atomic E-state index is 0.149. The average molecular weight is 350 g/mol. The summed E-state index contributed by atoms with van der Waals surface area (Å²) in [5.41, 5.74) is 0.934. The second-order valence-corrected chi connectivity index (χ2v) is 6.36. The molecule has 132 valence electrons. The monoisotopic (exact) mass is 350 g/mol. The maximum Gasteiger partial charge on any atom is 0.256 e. The quantitative estimate of drug-likeness (QED) is 0.913. The van der Waals surface area contributed by atoms with Gasteiger partial charge in [0.2, 0.25) is 11.8 Å². The van der Waals surface area contributed by atoms with Crippen LogP contribution in [0.3, 0.4) is 0 Å². The zero-order valence-corrected chi connectivity index (χ0v) is 14.1. The molecule has 3 heterocycles. The van der Waals surface area contributed by atoms with E-state index in [1.807, 2.05) is 0 Å². The fourth-order valence-electron chi connectivity index (χ4n) is 3.54. The number of amides is 3. The number of pyridine rings is 1. The highest BCUT2D eigenvalue weighted by molar-refractivity contribution is 6.13. The topological polar surface area (TPSA) is 82.6 Å². The molecule has 1 fully saturated rings. The first-order valence-corrected chi connectivity index (χ1v) is 8.57. The summed E-state index contributed by atoms with van der Waals surface area (Å²) in [5.74, 6) is -0.293. The van der Waals surface area contributed by atoms with Gasteiger partial charge in [0.05, 0.1) is 11.3 Å². The molecule has 26 heavy (non-hydrogen) atoms. The third-order valence-corrected chi connectivity index (χ3v) is 4.72. The molecule has 0 saturated carbocycles. The van der Waals surface area contributed by atoms with E-state index in [0.29, 0.717) is 30.0 Å². The maximum absolute atomic E-state index is 13.1.